The minimum absolute atomic E-state index is 0.491. The molecule has 2 nitrogen and oxygen atoms in total. The van der Waals surface area contributed by atoms with Gasteiger partial charge in [-0.2, -0.15) is 0 Å². The fourth-order valence-electron chi connectivity index (χ4n) is 2.64. The minimum atomic E-state index is 0.491. The largest absolute Gasteiger partial charge is 0.308 e. The molecule has 17 heavy (non-hydrogen) atoms. The first-order valence-electron chi connectivity index (χ1n) is 6.66. The molecule has 1 aliphatic heterocycles. The average Bonchev–Trinajstić information content (AvgIpc) is 2.74. The zero-order valence-electron chi connectivity index (χ0n) is 11.2. The summed E-state index contributed by atoms with van der Waals surface area (Å²) in [4.78, 5) is 3.99. The summed E-state index contributed by atoms with van der Waals surface area (Å²) < 4.78 is 0. The number of thiophene rings is 1. The van der Waals surface area contributed by atoms with Crippen molar-refractivity contribution in [3.8, 4) is 0 Å². The molecule has 2 atom stereocenters. The molecule has 2 heterocycles. The Bertz CT molecular complexity index is 348. The predicted molar refractivity (Wildman–Crippen MR) is 75.7 cm³/mol. The topological polar surface area (TPSA) is 15.3 Å². The van der Waals surface area contributed by atoms with E-state index in [-0.39, 0.29) is 0 Å². The highest BCUT2D eigenvalue weighted by atomic mass is 32.1. The molecule has 1 N–H and O–H groups in total. The molecule has 96 valence electrons. The van der Waals surface area contributed by atoms with E-state index >= 15 is 0 Å². The standard InChI is InChI=1S/C14H24N2S/c1-11-7-9-17-14(11)12(2)15-10-13-6-4-5-8-16(13)3/h7,9,12-13,15H,4-6,8,10H2,1-3H3. The zero-order valence-corrected chi connectivity index (χ0v) is 12.0. The molecule has 1 aliphatic rings. The third-order valence-electron chi connectivity index (χ3n) is 3.88. The Balaban J connectivity index is 1.83. The number of piperidine rings is 1. The fraction of sp³-hybridized carbons (Fsp3) is 0.714. The van der Waals surface area contributed by atoms with Crippen LogP contribution in [0.25, 0.3) is 0 Å². The lowest BCUT2D eigenvalue weighted by atomic mass is 10.0. The van der Waals surface area contributed by atoms with Gasteiger partial charge in [0.25, 0.3) is 0 Å². The van der Waals surface area contributed by atoms with E-state index in [0.717, 1.165) is 12.6 Å². The van der Waals surface area contributed by atoms with Crippen LogP contribution in [0.5, 0.6) is 0 Å². The van der Waals surface area contributed by atoms with Crippen LogP contribution in [0.3, 0.4) is 0 Å². The van der Waals surface area contributed by atoms with Crippen molar-refractivity contribution >= 4 is 11.3 Å². The minimum Gasteiger partial charge on any atom is -0.308 e. The van der Waals surface area contributed by atoms with Gasteiger partial charge in [-0.05, 0) is 57.3 Å². The van der Waals surface area contributed by atoms with Gasteiger partial charge in [-0.3, -0.25) is 0 Å². The van der Waals surface area contributed by atoms with E-state index in [2.05, 4.69) is 42.6 Å². The van der Waals surface area contributed by atoms with Gasteiger partial charge in [0.15, 0.2) is 0 Å². The van der Waals surface area contributed by atoms with Crippen LogP contribution in [-0.4, -0.2) is 31.1 Å². The van der Waals surface area contributed by atoms with Crippen LogP contribution >= 0.6 is 11.3 Å². The highest BCUT2D eigenvalue weighted by molar-refractivity contribution is 7.10. The molecule has 1 saturated heterocycles. The van der Waals surface area contributed by atoms with Crippen LogP contribution in [-0.2, 0) is 0 Å². The smallest absolute Gasteiger partial charge is 0.0389 e. The normalized spacial score (nSPS) is 23.8. The summed E-state index contributed by atoms with van der Waals surface area (Å²) in [5.74, 6) is 0. The predicted octanol–water partition coefficient (Wildman–Crippen LogP) is 3.19. The van der Waals surface area contributed by atoms with E-state index in [1.165, 1.54) is 36.2 Å². The molecule has 0 radical (unpaired) electrons. The first kappa shape index (κ1) is 13.1. The van der Waals surface area contributed by atoms with Gasteiger partial charge in [-0.15, -0.1) is 11.3 Å². The molecule has 3 heteroatoms. The zero-order chi connectivity index (χ0) is 12.3. The van der Waals surface area contributed by atoms with E-state index in [1.807, 2.05) is 11.3 Å². The van der Waals surface area contributed by atoms with Crippen molar-refractivity contribution in [1.29, 1.82) is 0 Å². The Morgan fingerprint density at radius 1 is 1.53 bits per heavy atom. The Hall–Kier alpha value is -0.380. The number of likely N-dealkylation sites (tertiary alicyclic amines) is 1. The quantitative estimate of drug-likeness (QED) is 0.885. The number of hydrogen-bond donors (Lipinski definition) is 1. The van der Waals surface area contributed by atoms with Gasteiger partial charge >= 0.3 is 0 Å². The molecule has 2 unspecified atom stereocenters. The lowest BCUT2D eigenvalue weighted by molar-refractivity contribution is 0.178. The first-order valence-corrected chi connectivity index (χ1v) is 7.54. The number of nitrogens with one attached hydrogen (secondary N) is 1. The Morgan fingerprint density at radius 3 is 3.00 bits per heavy atom. The third-order valence-corrected chi connectivity index (χ3v) is 5.08. The maximum atomic E-state index is 3.69. The van der Waals surface area contributed by atoms with Crippen LogP contribution in [0.15, 0.2) is 11.4 Å². The lowest BCUT2D eigenvalue weighted by Gasteiger charge is -2.33. The van der Waals surface area contributed by atoms with E-state index in [0.29, 0.717) is 6.04 Å². The number of rotatable bonds is 4. The van der Waals surface area contributed by atoms with Crippen molar-refractivity contribution in [1.82, 2.24) is 10.2 Å². The maximum Gasteiger partial charge on any atom is 0.0389 e. The summed E-state index contributed by atoms with van der Waals surface area (Å²) in [7, 11) is 2.26. The molecular weight excluding hydrogens is 228 g/mol. The summed E-state index contributed by atoms with van der Waals surface area (Å²) in [5.41, 5.74) is 1.42. The molecular formula is C14H24N2S. The lowest BCUT2D eigenvalue weighted by Crippen LogP contribution is -2.43. The van der Waals surface area contributed by atoms with Crippen molar-refractivity contribution in [2.45, 2.75) is 45.2 Å². The summed E-state index contributed by atoms with van der Waals surface area (Å²) in [6, 6.07) is 3.43. The van der Waals surface area contributed by atoms with Gasteiger partial charge in [-0.25, -0.2) is 0 Å². The van der Waals surface area contributed by atoms with Crippen molar-refractivity contribution in [2.75, 3.05) is 20.1 Å². The van der Waals surface area contributed by atoms with Crippen LogP contribution in [0.2, 0.25) is 0 Å². The van der Waals surface area contributed by atoms with Crippen LogP contribution < -0.4 is 5.32 Å². The number of aryl methyl sites for hydroxylation is 1. The van der Waals surface area contributed by atoms with Gasteiger partial charge in [0, 0.05) is 23.5 Å². The van der Waals surface area contributed by atoms with E-state index in [4.69, 9.17) is 0 Å². The first-order chi connectivity index (χ1) is 8.18. The summed E-state index contributed by atoms with van der Waals surface area (Å²) in [6.07, 6.45) is 4.11. The monoisotopic (exact) mass is 252 g/mol. The van der Waals surface area contributed by atoms with Crippen LogP contribution in [0.1, 0.15) is 42.7 Å². The number of hydrogen-bond acceptors (Lipinski definition) is 3. The SMILES string of the molecule is Cc1ccsc1C(C)NCC1CCCCN1C. The Labute approximate surface area is 109 Å². The molecule has 1 aromatic rings. The molecule has 0 bridgehead atoms. The second kappa shape index (κ2) is 5.98. The molecule has 0 aromatic carbocycles. The van der Waals surface area contributed by atoms with E-state index in [9.17, 15) is 0 Å². The highest BCUT2D eigenvalue weighted by Gasteiger charge is 2.19. The molecule has 0 amide bonds. The van der Waals surface area contributed by atoms with Crippen molar-refractivity contribution in [3.63, 3.8) is 0 Å². The number of likely N-dealkylation sites (N-methyl/N-ethyl adjacent to an activating group) is 1. The number of nitrogens with zero attached hydrogens (tertiary/aromatic N) is 1. The summed E-state index contributed by atoms with van der Waals surface area (Å²) in [5, 5.41) is 5.88. The van der Waals surface area contributed by atoms with Crippen molar-refractivity contribution < 1.29 is 0 Å². The fourth-order valence-corrected chi connectivity index (χ4v) is 3.60. The second-order valence-corrected chi connectivity index (χ2v) is 6.18. The second-order valence-electron chi connectivity index (χ2n) is 5.23. The van der Waals surface area contributed by atoms with Gasteiger partial charge in [-0.1, -0.05) is 6.42 Å². The van der Waals surface area contributed by atoms with Gasteiger partial charge in [0.1, 0.15) is 0 Å². The van der Waals surface area contributed by atoms with Gasteiger partial charge in [0.05, 0.1) is 0 Å². The molecule has 1 aromatic heterocycles. The Morgan fingerprint density at radius 2 is 2.35 bits per heavy atom. The van der Waals surface area contributed by atoms with Crippen LogP contribution in [0.4, 0.5) is 0 Å². The molecule has 0 saturated carbocycles. The Kier molecular flexibility index (Phi) is 4.60. The van der Waals surface area contributed by atoms with Crippen LogP contribution in [0, 0.1) is 6.92 Å². The molecule has 2 rings (SSSR count). The summed E-state index contributed by atoms with van der Waals surface area (Å²) in [6.45, 7) is 6.87. The third kappa shape index (κ3) is 3.30. The van der Waals surface area contributed by atoms with E-state index < -0.39 is 0 Å². The van der Waals surface area contributed by atoms with Crippen molar-refractivity contribution in [2.24, 2.45) is 0 Å². The average molecular weight is 252 g/mol. The molecule has 0 spiro atoms. The maximum absolute atomic E-state index is 3.69. The van der Waals surface area contributed by atoms with Gasteiger partial charge < -0.3 is 10.2 Å². The van der Waals surface area contributed by atoms with Gasteiger partial charge in [0.2, 0.25) is 0 Å². The summed E-state index contributed by atoms with van der Waals surface area (Å²) >= 11 is 1.87. The highest BCUT2D eigenvalue weighted by Crippen LogP contribution is 2.24. The van der Waals surface area contributed by atoms with E-state index in [1.54, 1.807) is 0 Å². The molecule has 1 fully saturated rings. The molecule has 0 aliphatic carbocycles. The van der Waals surface area contributed by atoms with Crippen molar-refractivity contribution in [3.05, 3.63) is 21.9 Å².